The van der Waals surface area contributed by atoms with Gasteiger partial charge in [-0.3, -0.25) is 9.69 Å². The SMILES string of the molecule is Cc1cc2c(cc1-n1cnc(C3CC3)c1)C(=O)N(c1cccc(-c3nnc4n3CCC4)n1)C2. The predicted molar refractivity (Wildman–Crippen MR) is 122 cm³/mol. The number of imidazole rings is 1. The second-order valence-electron chi connectivity index (χ2n) is 9.24. The maximum atomic E-state index is 13.4. The summed E-state index contributed by atoms with van der Waals surface area (Å²) in [5.74, 6) is 3.00. The van der Waals surface area contributed by atoms with Crippen molar-refractivity contribution in [1.82, 2.24) is 29.3 Å². The molecule has 0 N–H and O–H groups in total. The summed E-state index contributed by atoms with van der Waals surface area (Å²) in [6.45, 7) is 3.52. The Balaban J connectivity index is 1.22. The third kappa shape index (κ3) is 2.93. The Morgan fingerprint density at radius 1 is 1.12 bits per heavy atom. The Morgan fingerprint density at radius 3 is 2.91 bits per heavy atom. The lowest BCUT2D eigenvalue weighted by Gasteiger charge is -2.15. The molecule has 0 bridgehead atoms. The molecule has 8 heteroatoms. The standard InChI is InChI=1S/C25H23N7O/c1-15-10-17-12-32(22-5-2-4-19(27-22)24-29-28-23-6-3-9-31(23)24)25(33)18(17)11-21(15)30-13-20(26-14-30)16-7-8-16/h2,4-5,10-11,13-14,16H,3,6-9,12H2,1H3. The van der Waals surface area contributed by atoms with Crippen molar-refractivity contribution in [1.29, 1.82) is 0 Å². The van der Waals surface area contributed by atoms with E-state index in [0.29, 0.717) is 18.3 Å². The van der Waals surface area contributed by atoms with Crippen LogP contribution in [0.5, 0.6) is 0 Å². The number of benzene rings is 1. The number of anilines is 1. The summed E-state index contributed by atoms with van der Waals surface area (Å²) in [5.41, 5.74) is 5.78. The van der Waals surface area contributed by atoms with Crippen LogP contribution in [0.3, 0.4) is 0 Å². The minimum atomic E-state index is -0.0232. The Bertz CT molecular complexity index is 1430. The van der Waals surface area contributed by atoms with Crippen LogP contribution in [0.1, 0.15) is 58.2 Å². The highest BCUT2D eigenvalue weighted by Crippen LogP contribution is 2.39. The summed E-state index contributed by atoms with van der Waals surface area (Å²) in [4.78, 5) is 24.6. The molecule has 1 fully saturated rings. The molecular formula is C25H23N7O. The highest BCUT2D eigenvalue weighted by Gasteiger charge is 2.31. The summed E-state index contributed by atoms with van der Waals surface area (Å²) in [6, 6.07) is 9.88. The molecule has 2 aliphatic heterocycles. The van der Waals surface area contributed by atoms with E-state index in [1.54, 1.807) is 4.90 Å². The van der Waals surface area contributed by atoms with E-state index in [-0.39, 0.29) is 5.91 Å². The molecule has 4 aromatic rings. The van der Waals surface area contributed by atoms with Crippen molar-refractivity contribution < 1.29 is 4.79 Å². The normalized spacial score (nSPS) is 17.0. The van der Waals surface area contributed by atoms with E-state index >= 15 is 0 Å². The number of pyridine rings is 1. The van der Waals surface area contributed by atoms with E-state index in [0.717, 1.165) is 64.8 Å². The van der Waals surface area contributed by atoms with Crippen LogP contribution in [0.2, 0.25) is 0 Å². The van der Waals surface area contributed by atoms with Crippen LogP contribution in [-0.4, -0.2) is 35.2 Å². The first-order valence-electron chi connectivity index (χ1n) is 11.5. The third-order valence-electron chi connectivity index (χ3n) is 6.95. The molecule has 1 aliphatic carbocycles. The van der Waals surface area contributed by atoms with Crippen molar-refractivity contribution in [3.05, 3.63) is 71.1 Å². The van der Waals surface area contributed by atoms with Gasteiger partial charge in [-0.15, -0.1) is 10.2 Å². The molecule has 3 aromatic heterocycles. The largest absolute Gasteiger partial charge is 0.310 e. The van der Waals surface area contributed by atoms with Gasteiger partial charge in [-0.2, -0.15) is 0 Å². The van der Waals surface area contributed by atoms with E-state index in [1.807, 2.05) is 35.2 Å². The molecule has 3 aliphatic rings. The monoisotopic (exact) mass is 437 g/mol. The molecule has 7 rings (SSSR count). The third-order valence-corrected chi connectivity index (χ3v) is 6.95. The second kappa shape index (κ2) is 6.84. The van der Waals surface area contributed by atoms with Crippen LogP contribution in [-0.2, 0) is 19.5 Å². The lowest BCUT2D eigenvalue weighted by atomic mass is 10.0. The topological polar surface area (TPSA) is 81.7 Å². The fourth-order valence-electron chi connectivity index (χ4n) is 5.03. The van der Waals surface area contributed by atoms with Gasteiger partial charge in [0.25, 0.3) is 5.91 Å². The highest BCUT2D eigenvalue weighted by molar-refractivity contribution is 6.10. The first kappa shape index (κ1) is 18.7. The fourth-order valence-corrected chi connectivity index (χ4v) is 5.03. The molecular weight excluding hydrogens is 414 g/mol. The van der Waals surface area contributed by atoms with Gasteiger partial charge in [0.15, 0.2) is 5.82 Å². The number of hydrogen-bond acceptors (Lipinski definition) is 5. The zero-order valence-corrected chi connectivity index (χ0v) is 18.4. The number of aryl methyl sites for hydroxylation is 2. The van der Waals surface area contributed by atoms with Crippen LogP contribution in [0, 0.1) is 6.92 Å². The Hall–Kier alpha value is -3.81. The van der Waals surface area contributed by atoms with E-state index in [4.69, 9.17) is 4.98 Å². The zero-order valence-electron chi connectivity index (χ0n) is 18.4. The number of rotatable bonds is 4. The smallest absolute Gasteiger partial charge is 0.260 e. The number of carbonyl (C=O) groups excluding carboxylic acids is 1. The van der Waals surface area contributed by atoms with E-state index in [1.165, 1.54) is 12.8 Å². The Kier molecular flexibility index (Phi) is 3.88. The van der Waals surface area contributed by atoms with Crippen molar-refractivity contribution in [3.63, 3.8) is 0 Å². The van der Waals surface area contributed by atoms with Crippen molar-refractivity contribution in [3.8, 4) is 17.2 Å². The lowest BCUT2D eigenvalue weighted by Crippen LogP contribution is -2.24. The van der Waals surface area contributed by atoms with Gasteiger partial charge in [-0.1, -0.05) is 12.1 Å². The minimum absolute atomic E-state index is 0.0232. The molecule has 0 unspecified atom stereocenters. The molecule has 8 nitrogen and oxygen atoms in total. The van der Waals surface area contributed by atoms with Crippen LogP contribution in [0.25, 0.3) is 17.2 Å². The zero-order chi connectivity index (χ0) is 22.1. The van der Waals surface area contributed by atoms with Crippen LogP contribution < -0.4 is 4.90 Å². The number of amides is 1. The minimum Gasteiger partial charge on any atom is -0.310 e. The van der Waals surface area contributed by atoms with E-state index < -0.39 is 0 Å². The number of hydrogen-bond donors (Lipinski definition) is 0. The summed E-state index contributed by atoms with van der Waals surface area (Å²) in [6.07, 6.45) is 8.44. The molecule has 0 atom stereocenters. The van der Waals surface area contributed by atoms with Gasteiger partial charge >= 0.3 is 0 Å². The maximum Gasteiger partial charge on any atom is 0.260 e. The molecule has 1 aromatic carbocycles. The van der Waals surface area contributed by atoms with Crippen molar-refractivity contribution >= 4 is 11.7 Å². The number of aromatic nitrogens is 6. The summed E-state index contributed by atoms with van der Waals surface area (Å²) in [7, 11) is 0. The van der Waals surface area contributed by atoms with Gasteiger partial charge in [-0.25, -0.2) is 9.97 Å². The Morgan fingerprint density at radius 2 is 2.03 bits per heavy atom. The van der Waals surface area contributed by atoms with Crippen molar-refractivity contribution in [2.24, 2.45) is 0 Å². The lowest BCUT2D eigenvalue weighted by molar-refractivity contribution is 0.0996. The molecule has 0 radical (unpaired) electrons. The summed E-state index contributed by atoms with van der Waals surface area (Å²) >= 11 is 0. The molecule has 1 amide bonds. The van der Waals surface area contributed by atoms with E-state index in [2.05, 4.69) is 38.9 Å². The number of fused-ring (bicyclic) bond motifs is 2. The van der Waals surface area contributed by atoms with Gasteiger partial charge in [0, 0.05) is 30.6 Å². The molecule has 164 valence electrons. The van der Waals surface area contributed by atoms with Gasteiger partial charge in [0.1, 0.15) is 17.3 Å². The molecule has 33 heavy (non-hydrogen) atoms. The summed E-state index contributed by atoms with van der Waals surface area (Å²) in [5, 5.41) is 8.65. The van der Waals surface area contributed by atoms with Gasteiger partial charge in [-0.05, 0) is 55.5 Å². The molecule has 5 heterocycles. The highest BCUT2D eigenvalue weighted by atomic mass is 16.2. The van der Waals surface area contributed by atoms with Crippen LogP contribution in [0.15, 0.2) is 42.9 Å². The first-order chi connectivity index (χ1) is 16.2. The number of carbonyl (C=O) groups is 1. The van der Waals surface area contributed by atoms with Crippen molar-refractivity contribution in [2.45, 2.75) is 51.6 Å². The van der Waals surface area contributed by atoms with E-state index in [9.17, 15) is 4.79 Å². The number of nitrogens with zero attached hydrogens (tertiary/aromatic N) is 7. The van der Waals surface area contributed by atoms with Crippen LogP contribution in [0.4, 0.5) is 5.82 Å². The average molecular weight is 438 g/mol. The quantitative estimate of drug-likeness (QED) is 0.485. The second-order valence-corrected chi connectivity index (χ2v) is 9.24. The molecule has 1 saturated carbocycles. The predicted octanol–water partition coefficient (Wildman–Crippen LogP) is 3.82. The van der Waals surface area contributed by atoms with Gasteiger partial charge < -0.3 is 9.13 Å². The summed E-state index contributed by atoms with van der Waals surface area (Å²) < 4.78 is 4.17. The van der Waals surface area contributed by atoms with Gasteiger partial charge in [0.05, 0.1) is 24.3 Å². The maximum absolute atomic E-state index is 13.4. The molecule has 0 spiro atoms. The van der Waals surface area contributed by atoms with Crippen LogP contribution >= 0.6 is 0 Å². The fraction of sp³-hybridized carbons (Fsp3) is 0.320. The molecule has 0 saturated heterocycles. The average Bonchev–Trinajstić information content (AvgIpc) is 3.17. The Labute approximate surface area is 190 Å². The van der Waals surface area contributed by atoms with Gasteiger partial charge in [0.2, 0.25) is 0 Å². The van der Waals surface area contributed by atoms with Crippen molar-refractivity contribution in [2.75, 3.05) is 4.90 Å². The first-order valence-corrected chi connectivity index (χ1v) is 11.5.